The van der Waals surface area contributed by atoms with E-state index in [1.54, 1.807) is 0 Å². The Morgan fingerprint density at radius 1 is 1.16 bits per heavy atom. The predicted molar refractivity (Wildman–Crippen MR) is 71.4 cm³/mol. The first kappa shape index (κ1) is 13.1. The molecular weight excluding hydrogens is 241 g/mol. The van der Waals surface area contributed by atoms with Crippen molar-refractivity contribution in [1.82, 2.24) is 0 Å². The predicted octanol–water partition coefficient (Wildman–Crippen LogP) is 3.89. The average molecular weight is 255 g/mol. The third-order valence-electron chi connectivity index (χ3n) is 2.90. The summed E-state index contributed by atoms with van der Waals surface area (Å²) in [6, 6.07) is 12.0. The molecule has 0 fully saturated rings. The van der Waals surface area contributed by atoms with Crippen molar-refractivity contribution < 1.29 is 9.13 Å². The fourth-order valence-corrected chi connectivity index (χ4v) is 1.91. The van der Waals surface area contributed by atoms with E-state index in [1.807, 2.05) is 38.1 Å². The summed E-state index contributed by atoms with van der Waals surface area (Å²) < 4.78 is 18.8. The van der Waals surface area contributed by atoms with Crippen LogP contribution in [0.4, 0.5) is 4.39 Å². The molecule has 0 radical (unpaired) electrons. The van der Waals surface area contributed by atoms with Crippen molar-refractivity contribution in [3.63, 3.8) is 0 Å². The van der Waals surface area contributed by atoms with E-state index < -0.39 is 0 Å². The van der Waals surface area contributed by atoms with Crippen LogP contribution in [0, 0.1) is 31.0 Å². The van der Waals surface area contributed by atoms with Crippen LogP contribution >= 0.6 is 0 Å². The van der Waals surface area contributed by atoms with E-state index in [1.165, 1.54) is 18.2 Å². The molecule has 0 saturated carbocycles. The lowest BCUT2D eigenvalue weighted by atomic mass is 10.1. The number of aryl methyl sites for hydroxylation is 2. The van der Waals surface area contributed by atoms with E-state index in [0.717, 1.165) is 16.9 Å². The summed E-state index contributed by atoms with van der Waals surface area (Å²) in [7, 11) is 0. The third-order valence-corrected chi connectivity index (χ3v) is 2.90. The molecule has 0 bridgehead atoms. The fourth-order valence-electron chi connectivity index (χ4n) is 1.91. The van der Waals surface area contributed by atoms with Crippen molar-refractivity contribution in [3.05, 3.63) is 64.5 Å². The molecule has 0 aliphatic rings. The SMILES string of the molecule is Cc1ccc(OCc2cc(F)ccc2C#N)c(C)c1. The average Bonchev–Trinajstić information content (AvgIpc) is 2.38. The quantitative estimate of drug-likeness (QED) is 0.833. The Morgan fingerprint density at radius 3 is 2.63 bits per heavy atom. The van der Waals surface area contributed by atoms with Gasteiger partial charge in [-0.1, -0.05) is 17.7 Å². The molecule has 2 aromatic rings. The second kappa shape index (κ2) is 5.53. The number of nitrogens with zero attached hydrogens (tertiary/aromatic N) is 1. The van der Waals surface area contributed by atoms with Gasteiger partial charge in [0.1, 0.15) is 18.2 Å². The van der Waals surface area contributed by atoms with Gasteiger partial charge in [0, 0.05) is 5.56 Å². The van der Waals surface area contributed by atoms with Gasteiger partial charge in [-0.25, -0.2) is 4.39 Å². The highest BCUT2D eigenvalue weighted by Crippen LogP contribution is 2.21. The standard InChI is InChI=1S/C16H14FNO/c1-11-3-6-16(12(2)7-11)19-10-14-8-15(17)5-4-13(14)9-18/h3-8H,10H2,1-2H3. The summed E-state index contributed by atoms with van der Waals surface area (Å²) in [6.07, 6.45) is 0. The number of benzene rings is 2. The van der Waals surface area contributed by atoms with Crippen molar-refractivity contribution in [2.45, 2.75) is 20.5 Å². The Bertz CT molecular complexity index is 644. The Hall–Kier alpha value is -2.34. The third kappa shape index (κ3) is 3.11. The summed E-state index contributed by atoms with van der Waals surface area (Å²) in [4.78, 5) is 0. The zero-order valence-corrected chi connectivity index (χ0v) is 10.9. The van der Waals surface area contributed by atoms with Gasteiger partial charge in [-0.05, 0) is 43.7 Å². The maximum Gasteiger partial charge on any atom is 0.123 e. The highest BCUT2D eigenvalue weighted by Gasteiger charge is 2.06. The number of ether oxygens (including phenoxy) is 1. The summed E-state index contributed by atoms with van der Waals surface area (Å²) in [6.45, 7) is 4.15. The molecule has 0 atom stereocenters. The van der Waals surface area contributed by atoms with Gasteiger partial charge in [0.25, 0.3) is 0 Å². The van der Waals surface area contributed by atoms with Gasteiger partial charge in [0.2, 0.25) is 0 Å². The monoisotopic (exact) mass is 255 g/mol. The minimum Gasteiger partial charge on any atom is -0.489 e. The van der Waals surface area contributed by atoms with Gasteiger partial charge >= 0.3 is 0 Å². The molecule has 0 aliphatic carbocycles. The zero-order chi connectivity index (χ0) is 13.8. The second-order valence-electron chi connectivity index (χ2n) is 4.47. The lowest BCUT2D eigenvalue weighted by Gasteiger charge is -2.10. The van der Waals surface area contributed by atoms with Crippen molar-refractivity contribution in [2.75, 3.05) is 0 Å². The van der Waals surface area contributed by atoms with E-state index in [0.29, 0.717) is 11.1 Å². The van der Waals surface area contributed by atoms with Crippen LogP contribution in [-0.4, -0.2) is 0 Å². The van der Waals surface area contributed by atoms with Crippen LogP contribution in [0.25, 0.3) is 0 Å². The van der Waals surface area contributed by atoms with E-state index in [4.69, 9.17) is 10.00 Å². The first-order valence-corrected chi connectivity index (χ1v) is 5.99. The minimum atomic E-state index is -0.363. The van der Waals surface area contributed by atoms with Gasteiger partial charge in [-0.15, -0.1) is 0 Å². The second-order valence-corrected chi connectivity index (χ2v) is 4.47. The highest BCUT2D eigenvalue weighted by molar-refractivity contribution is 5.39. The van der Waals surface area contributed by atoms with Crippen molar-refractivity contribution in [2.24, 2.45) is 0 Å². The van der Waals surface area contributed by atoms with Crippen molar-refractivity contribution in [1.29, 1.82) is 5.26 Å². The van der Waals surface area contributed by atoms with Crippen LogP contribution in [0.2, 0.25) is 0 Å². The summed E-state index contributed by atoms with van der Waals surface area (Å²) in [5, 5.41) is 8.97. The van der Waals surface area contributed by atoms with Gasteiger partial charge in [0.15, 0.2) is 0 Å². The molecule has 0 spiro atoms. The fraction of sp³-hybridized carbons (Fsp3) is 0.188. The normalized spacial score (nSPS) is 10.0. The first-order chi connectivity index (χ1) is 9.10. The smallest absolute Gasteiger partial charge is 0.123 e. The number of nitriles is 1. The summed E-state index contributed by atoms with van der Waals surface area (Å²) >= 11 is 0. The van der Waals surface area contributed by atoms with E-state index in [-0.39, 0.29) is 12.4 Å². The van der Waals surface area contributed by atoms with Crippen LogP contribution < -0.4 is 4.74 Å². The molecule has 19 heavy (non-hydrogen) atoms. The van der Waals surface area contributed by atoms with Gasteiger partial charge < -0.3 is 4.74 Å². The molecule has 0 aromatic heterocycles. The number of hydrogen-bond donors (Lipinski definition) is 0. The maximum absolute atomic E-state index is 13.2. The van der Waals surface area contributed by atoms with Crippen LogP contribution in [0.5, 0.6) is 5.75 Å². The van der Waals surface area contributed by atoms with Crippen molar-refractivity contribution >= 4 is 0 Å². The highest BCUT2D eigenvalue weighted by atomic mass is 19.1. The van der Waals surface area contributed by atoms with Gasteiger partial charge in [0.05, 0.1) is 11.6 Å². The number of rotatable bonds is 3. The molecule has 96 valence electrons. The van der Waals surface area contributed by atoms with E-state index >= 15 is 0 Å². The van der Waals surface area contributed by atoms with Crippen molar-refractivity contribution in [3.8, 4) is 11.8 Å². The van der Waals surface area contributed by atoms with Gasteiger partial charge in [-0.2, -0.15) is 5.26 Å². The van der Waals surface area contributed by atoms with Gasteiger partial charge in [-0.3, -0.25) is 0 Å². The molecule has 3 heteroatoms. The minimum absolute atomic E-state index is 0.185. The maximum atomic E-state index is 13.2. The van der Waals surface area contributed by atoms with E-state index in [9.17, 15) is 4.39 Å². The van der Waals surface area contributed by atoms with Crippen LogP contribution in [0.1, 0.15) is 22.3 Å². The Morgan fingerprint density at radius 2 is 1.95 bits per heavy atom. The lowest BCUT2D eigenvalue weighted by molar-refractivity contribution is 0.303. The Balaban J connectivity index is 2.19. The Labute approximate surface area is 112 Å². The zero-order valence-electron chi connectivity index (χ0n) is 10.9. The summed E-state index contributed by atoms with van der Waals surface area (Å²) in [5.41, 5.74) is 3.18. The first-order valence-electron chi connectivity index (χ1n) is 5.99. The number of hydrogen-bond acceptors (Lipinski definition) is 2. The molecule has 0 saturated heterocycles. The molecule has 0 amide bonds. The number of halogens is 1. The molecule has 2 rings (SSSR count). The molecular formula is C16H14FNO. The van der Waals surface area contributed by atoms with Crippen LogP contribution in [0.3, 0.4) is 0 Å². The molecule has 0 aliphatic heterocycles. The molecule has 0 unspecified atom stereocenters. The molecule has 2 aromatic carbocycles. The Kier molecular flexibility index (Phi) is 3.82. The van der Waals surface area contributed by atoms with Crippen LogP contribution in [-0.2, 0) is 6.61 Å². The topological polar surface area (TPSA) is 33.0 Å². The lowest BCUT2D eigenvalue weighted by Crippen LogP contribution is -2.00. The largest absolute Gasteiger partial charge is 0.489 e. The summed E-state index contributed by atoms with van der Waals surface area (Å²) in [5.74, 6) is 0.386. The molecule has 0 N–H and O–H groups in total. The molecule has 2 nitrogen and oxygen atoms in total. The van der Waals surface area contributed by atoms with E-state index in [2.05, 4.69) is 0 Å². The molecule has 0 heterocycles. The van der Waals surface area contributed by atoms with Crippen LogP contribution in [0.15, 0.2) is 36.4 Å².